The zero-order valence-electron chi connectivity index (χ0n) is 10.7. The second-order valence-electron chi connectivity index (χ2n) is 3.80. The number of nitrogens with zero attached hydrogens (tertiary/aromatic N) is 2. The van der Waals surface area contributed by atoms with Crippen molar-refractivity contribution in [2.24, 2.45) is 0 Å². The summed E-state index contributed by atoms with van der Waals surface area (Å²) in [6.07, 6.45) is 1.66. The van der Waals surface area contributed by atoms with Gasteiger partial charge in [0, 0.05) is 26.3 Å². The van der Waals surface area contributed by atoms with Crippen LogP contribution in [0.25, 0.3) is 0 Å². The number of rotatable bonds is 6. The molecule has 0 radical (unpaired) electrons. The van der Waals surface area contributed by atoms with Crippen LogP contribution in [-0.4, -0.2) is 49.5 Å². The van der Waals surface area contributed by atoms with Gasteiger partial charge in [0.1, 0.15) is 5.82 Å². The zero-order chi connectivity index (χ0) is 12.7. The van der Waals surface area contributed by atoms with Gasteiger partial charge in [0.2, 0.25) is 0 Å². The molecule has 0 aliphatic heterocycles. The van der Waals surface area contributed by atoms with E-state index < -0.39 is 0 Å². The monoisotopic (exact) mass is 236 g/mol. The standard InChI is InChI=1S/C12H20N4O/c1-4-16(3)9-8-15-12(17)10-6-5-7-14-11(10)13-2/h5-7H,4,8-9H2,1-3H3,(H,13,14)(H,15,17). The minimum absolute atomic E-state index is 0.0908. The van der Waals surface area contributed by atoms with Gasteiger partial charge in [-0.1, -0.05) is 6.92 Å². The predicted octanol–water partition coefficient (Wildman–Crippen LogP) is 0.805. The van der Waals surface area contributed by atoms with Gasteiger partial charge in [0.15, 0.2) is 0 Å². The number of carbonyl (C=O) groups is 1. The minimum Gasteiger partial charge on any atom is -0.372 e. The lowest BCUT2D eigenvalue weighted by molar-refractivity contribution is 0.0950. The van der Waals surface area contributed by atoms with E-state index in [1.54, 1.807) is 25.4 Å². The van der Waals surface area contributed by atoms with Gasteiger partial charge in [-0.15, -0.1) is 0 Å². The maximum atomic E-state index is 11.9. The SMILES string of the molecule is CCN(C)CCNC(=O)c1cccnc1NC. The van der Waals surface area contributed by atoms with Crippen LogP contribution in [-0.2, 0) is 0 Å². The molecule has 5 nitrogen and oxygen atoms in total. The van der Waals surface area contributed by atoms with Crippen molar-refractivity contribution in [3.05, 3.63) is 23.9 Å². The molecule has 2 N–H and O–H groups in total. The molecule has 1 heterocycles. The van der Waals surface area contributed by atoms with Gasteiger partial charge in [-0.25, -0.2) is 4.98 Å². The van der Waals surface area contributed by atoms with Crippen LogP contribution in [0.15, 0.2) is 18.3 Å². The highest BCUT2D eigenvalue weighted by Crippen LogP contribution is 2.09. The van der Waals surface area contributed by atoms with Crippen molar-refractivity contribution >= 4 is 11.7 Å². The Hall–Kier alpha value is -1.62. The van der Waals surface area contributed by atoms with Crippen molar-refractivity contribution in [2.75, 3.05) is 39.0 Å². The Kier molecular flexibility index (Phi) is 5.42. The number of carbonyl (C=O) groups excluding carboxylic acids is 1. The van der Waals surface area contributed by atoms with Crippen molar-refractivity contribution < 1.29 is 4.79 Å². The largest absolute Gasteiger partial charge is 0.372 e. The lowest BCUT2D eigenvalue weighted by atomic mass is 10.2. The van der Waals surface area contributed by atoms with Gasteiger partial charge in [-0.3, -0.25) is 4.79 Å². The summed E-state index contributed by atoms with van der Waals surface area (Å²) in [7, 11) is 3.78. The van der Waals surface area contributed by atoms with Gasteiger partial charge in [0.25, 0.3) is 5.91 Å². The third-order valence-electron chi connectivity index (χ3n) is 2.61. The van der Waals surface area contributed by atoms with Crippen LogP contribution in [0.3, 0.4) is 0 Å². The molecule has 17 heavy (non-hydrogen) atoms. The summed E-state index contributed by atoms with van der Waals surface area (Å²) in [5, 5.41) is 5.78. The molecule has 0 bridgehead atoms. The number of nitrogens with one attached hydrogen (secondary N) is 2. The van der Waals surface area contributed by atoms with Crippen molar-refractivity contribution in [3.8, 4) is 0 Å². The van der Waals surface area contributed by atoms with E-state index in [0.29, 0.717) is 17.9 Å². The Morgan fingerprint density at radius 3 is 2.94 bits per heavy atom. The van der Waals surface area contributed by atoms with Gasteiger partial charge in [0.05, 0.1) is 5.56 Å². The van der Waals surface area contributed by atoms with E-state index in [1.807, 2.05) is 7.05 Å². The summed E-state index contributed by atoms with van der Waals surface area (Å²) in [5.74, 6) is 0.515. The molecular weight excluding hydrogens is 216 g/mol. The van der Waals surface area contributed by atoms with Crippen LogP contribution in [0.4, 0.5) is 5.82 Å². The smallest absolute Gasteiger partial charge is 0.255 e. The average molecular weight is 236 g/mol. The van der Waals surface area contributed by atoms with Crippen LogP contribution in [0.5, 0.6) is 0 Å². The number of pyridine rings is 1. The second kappa shape index (κ2) is 6.85. The maximum Gasteiger partial charge on any atom is 0.255 e. The molecule has 1 rings (SSSR count). The van der Waals surface area contributed by atoms with Gasteiger partial charge in [-0.05, 0) is 25.7 Å². The van der Waals surface area contributed by atoms with Crippen LogP contribution < -0.4 is 10.6 Å². The highest BCUT2D eigenvalue weighted by Gasteiger charge is 2.10. The molecule has 0 unspecified atom stereocenters. The fourth-order valence-electron chi connectivity index (χ4n) is 1.40. The molecule has 0 atom stereocenters. The highest BCUT2D eigenvalue weighted by atomic mass is 16.1. The van der Waals surface area contributed by atoms with E-state index >= 15 is 0 Å². The lowest BCUT2D eigenvalue weighted by Gasteiger charge is -2.14. The Morgan fingerprint density at radius 2 is 2.29 bits per heavy atom. The molecule has 1 amide bonds. The Bertz CT molecular complexity index is 367. The molecule has 0 aliphatic carbocycles. The summed E-state index contributed by atoms with van der Waals surface area (Å²) in [6, 6.07) is 3.52. The molecule has 1 aromatic heterocycles. The second-order valence-corrected chi connectivity index (χ2v) is 3.80. The summed E-state index contributed by atoms with van der Waals surface area (Å²) >= 11 is 0. The number of likely N-dealkylation sites (N-methyl/N-ethyl adjacent to an activating group) is 1. The normalized spacial score (nSPS) is 10.4. The van der Waals surface area contributed by atoms with E-state index in [0.717, 1.165) is 13.1 Å². The first-order chi connectivity index (χ1) is 8.19. The topological polar surface area (TPSA) is 57.3 Å². The van der Waals surface area contributed by atoms with Crippen LogP contribution in [0.1, 0.15) is 17.3 Å². The van der Waals surface area contributed by atoms with E-state index in [2.05, 4.69) is 27.4 Å². The molecule has 0 saturated heterocycles. The van der Waals surface area contributed by atoms with E-state index in [9.17, 15) is 4.79 Å². The number of hydrogen-bond donors (Lipinski definition) is 2. The number of hydrogen-bond acceptors (Lipinski definition) is 4. The molecule has 0 fully saturated rings. The molecule has 1 aromatic rings. The molecule has 94 valence electrons. The predicted molar refractivity (Wildman–Crippen MR) is 69.3 cm³/mol. The van der Waals surface area contributed by atoms with Gasteiger partial charge in [-0.2, -0.15) is 0 Å². The number of amides is 1. The van der Waals surface area contributed by atoms with E-state index in [-0.39, 0.29) is 5.91 Å². The fourth-order valence-corrected chi connectivity index (χ4v) is 1.40. The van der Waals surface area contributed by atoms with Crippen molar-refractivity contribution in [2.45, 2.75) is 6.92 Å². The summed E-state index contributed by atoms with van der Waals surface area (Å²) in [6.45, 7) is 4.55. The van der Waals surface area contributed by atoms with Gasteiger partial charge < -0.3 is 15.5 Å². The van der Waals surface area contributed by atoms with Crippen LogP contribution in [0, 0.1) is 0 Å². The summed E-state index contributed by atoms with van der Waals surface area (Å²) in [4.78, 5) is 18.1. The summed E-state index contributed by atoms with van der Waals surface area (Å²) < 4.78 is 0. The molecule has 0 aromatic carbocycles. The van der Waals surface area contributed by atoms with E-state index in [1.165, 1.54) is 0 Å². The molecular formula is C12H20N4O. The van der Waals surface area contributed by atoms with Gasteiger partial charge >= 0.3 is 0 Å². The van der Waals surface area contributed by atoms with E-state index in [4.69, 9.17) is 0 Å². The summed E-state index contributed by atoms with van der Waals surface area (Å²) in [5.41, 5.74) is 0.578. The number of anilines is 1. The van der Waals surface area contributed by atoms with Crippen molar-refractivity contribution in [1.82, 2.24) is 15.2 Å². The molecule has 0 saturated carbocycles. The first-order valence-corrected chi connectivity index (χ1v) is 5.78. The minimum atomic E-state index is -0.0908. The fraction of sp³-hybridized carbons (Fsp3) is 0.500. The maximum absolute atomic E-state index is 11.9. The first kappa shape index (κ1) is 13.4. The lowest BCUT2D eigenvalue weighted by Crippen LogP contribution is -2.33. The first-order valence-electron chi connectivity index (χ1n) is 5.78. The quantitative estimate of drug-likeness (QED) is 0.767. The van der Waals surface area contributed by atoms with Crippen molar-refractivity contribution in [1.29, 1.82) is 0 Å². The molecule has 0 spiro atoms. The number of aromatic nitrogens is 1. The zero-order valence-corrected chi connectivity index (χ0v) is 10.7. The third kappa shape index (κ3) is 4.03. The van der Waals surface area contributed by atoms with Crippen LogP contribution >= 0.6 is 0 Å². The Balaban J connectivity index is 2.52. The van der Waals surface area contributed by atoms with Crippen molar-refractivity contribution in [3.63, 3.8) is 0 Å². The highest BCUT2D eigenvalue weighted by molar-refractivity contribution is 5.98. The van der Waals surface area contributed by atoms with Crippen LogP contribution in [0.2, 0.25) is 0 Å². The Labute approximate surface area is 102 Å². The molecule has 0 aliphatic rings. The third-order valence-corrected chi connectivity index (χ3v) is 2.61. The Morgan fingerprint density at radius 1 is 1.53 bits per heavy atom. The average Bonchev–Trinajstić information content (AvgIpc) is 2.38. The molecule has 5 heteroatoms.